The van der Waals surface area contributed by atoms with Crippen LogP contribution in [0.25, 0.3) is 0 Å². The van der Waals surface area contributed by atoms with Crippen LogP contribution in [0.1, 0.15) is 10.4 Å². The zero-order chi connectivity index (χ0) is 13.2. The van der Waals surface area contributed by atoms with E-state index in [-0.39, 0.29) is 0 Å². The molecule has 0 spiro atoms. The molecule has 1 aromatic carbocycles. The minimum absolute atomic E-state index is 0.433. The van der Waals surface area contributed by atoms with Gasteiger partial charge in [-0.2, -0.15) is 0 Å². The normalized spacial score (nSPS) is 10.9. The van der Waals surface area contributed by atoms with E-state index in [4.69, 9.17) is 5.14 Å². The number of esters is 1. The summed E-state index contributed by atoms with van der Waals surface area (Å²) in [6.07, 6.45) is 0. The number of primary sulfonamides is 1. The molecule has 0 saturated heterocycles. The number of benzene rings is 1. The summed E-state index contributed by atoms with van der Waals surface area (Å²) in [6, 6.07) is 2.62. The van der Waals surface area contributed by atoms with Crippen LogP contribution in [-0.2, 0) is 14.8 Å². The predicted molar refractivity (Wildman–Crippen MR) is 55.8 cm³/mol. The molecule has 0 atom stereocenters. The highest BCUT2D eigenvalue weighted by Gasteiger charge is 2.23. The van der Waals surface area contributed by atoms with E-state index in [1.807, 2.05) is 0 Å². The maximum absolute atomic E-state index is 11.3. The fourth-order valence-corrected chi connectivity index (χ4v) is 1.86. The molecule has 0 radical (unpaired) electrons. The van der Waals surface area contributed by atoms with Gasteiger partial charge in [0.2, 0.25) is 10.0 Å². The van der Waals surface area contributed by atoms with E-state index in [1.54, 1.807) is 0 Å². The lowest BCUT2D eigenvalue weighted by Gasteiger charge is -2.05. The molecule has 9 heteroatoms. The number of rotatable bonds is 3. The Kier molecular flexibility index (Phi) is 3.44. The van der Waals surface area contributed by atoms with Crippen LogP contribution in [-0.4, -0.2) is 26.4 Å². The molecule has 0 fully saturated rings. The van der Waals surface area contributed by atoms with E-state index in [0.29, 0.717) is 0 Å². The average Bonchev–Trinajstić information content (AvgIpc) is 2.25. The molecule has 0 aliphatic rings. The Hall–Kier alpha value is -2.00. The van der Waals surface area contributed by atoms with Crippen molar-refractivity contribution in [2.45, 2.75) is 4.90 Å². The van der Waals surface area contributed by atoms with Crippen molar-refractivity contribution in [1.82, 2.24) is 0 Å². The molecule has 0 aliphatic carbocycles. The van der Waals surface area contributed by atoms with E-state index >= 15 is 0 Å². The molecule has 0 aliphatic heterocycles. The largest absolute Gasteiger partial charge is 0.465 e. The van der Waals surface area contributed by atoms with Gasteiger partial charge in [-0.15, -0.1) is 0 Å². The number of nitrogens with zero attached hydrogens (tertiary/aromatic N) is 1. The lowest BCUT2D eigenvalue weighted by molar-refractivity contribution is -0.384. The predicted octanol–water partition coefficient (Wildman–Crippen LogP) is 0.0288. The minimum Gasteiger partial charge on any atom is -0.465 e. The van der Waals surface area contributed by atoms with Gasteiger partial charge in [-0.3, -0.25) is 10.1 Å². The topological polar surface area (TPSA) is 130 Å². The van der Waals surface area contributed by atoms with E-state index in [2.05, 4.69) is 4.74 Å². The van der Waals surface area contributed by atoms with Crippen LogP contribution in [0.3, 0.4) is 0 Å². The van der Waals surface area contributed by atoms with E-state index in [1.165, 1.54) is 0 Å². The number of hydrogen-bond donors (Lipinski definition) is 1. The second-order valence-corrected chi connectivity index (χ2v) is 4.50. The number of nitrogens with two attached hydrogens (primary N) is 1. The third-order valence-electron chi connectivity index (χ3n) is 1.89. The summed E-state index contributed by atoms with van der Waals surface area (Å²) < 4.78 is 26.6. The lowest BCUT2D eigenvalue weighted by atomic mass is 10.2. The molecule has 8 nitrogen and oxygen atoms in total. The fourth-order valence-electron chi connectivity index (χ4n) is 1.15. The second-order valence-electron chi connectivity index (χ2n) is 2.97. The van der Waals surface area contributed by atoms with E-state index < -0.39 is 37.1 Å². The monoisotopic (exact) mass is 260 g/mol. The molecule has 0 aromatic heterocycles. The SMILES string of the molecule is COC(=O)c1cc([N+](=O)[O-])ccc1S(N)(=O)=O. The van der Waals surface area contributed by atoms with Gasteiger partial charge in [-0.05, 0) is 6.07 Å². The maximum atomic E-state index is 11.3. The number of nitro benzene ring substituents is 1. The van der Waals surface area contributed by atoms with Gasteiger partial charge in [0.25, 0.3) is 5.69 Å². The first-order chi connectivity index (χ1) is 7.77. The summed E-state index contributed by atoms with van der Waals surface area (Å²) in [7, 11) is -3.13. The van der Waals surface area contributed by atoms with E-state index in [9.17, 15) is 23.3 Å². The summed E-state index contributed by atoms with van der Waals surface area (Å²) in [4.78, 5) is 20.5. The van der Waals surface area contributed by atoms with Crippen molar-refractivity contribution in [3.63, 3.8) is 0 Å². The maximum Gasteiger partial charge on any atom is 0.339 e. The zero-order valence-electron chi connectivity index (χ0n) is 8.61. The second kappa shape index (κ2) is 4.47. The number of ether oxygens (including phenoxy) is 1. The molecule has 1 rings (SSSR count). The van der Waals surface area contributed by atoms with Gasteiger partial charge in [0.05, 0.1) is 22.5 Å². The minimum atomic E-state index is -4.15. The Morgan fingerprint density at radius 3 is 2.47 bits per heavy atom. The molecule has 1 aromatic rings. The van der Waals surface area contributed by atoms with Crippen LogP contribution in [0.5, 0.6) is 0 Å². The standard InChI is InChI=1S/C8H8N2O6S/c1-16-8(11)6-4-5(10(12)13)2-3-7(6)17(9,14)15/h2-4H,1H3,(H2,9,14,15). The van der Waals surface area contributed by atoms with Crippen LogP contribution in [0.2, 0.25) is 0 Å². The molecule has 17 heavy (non-hydrogen) atoms. The molecule has 92 valence electrons. The first-order valence-corrected chi connectivity index (χ1v) is 5.71. The van der Waals surface area contributed by atoms with Crippen molar-refractivity contribution < 1.29 is 22.9 Å². The van der Waals surface area contributed by atoms with Crippen molar-refractivity contribution in [2.75, 3.05) is 7.11 Å². The Labute approximate surface area is 96.2 Å². The molecular weight excluding hydrogens is 252 g/mol. The highest BCUT2D eigenvalue weighted by Crippen LogP contribution is 2.21. The van der Waals surface area contributed by atoms with Gasteiger partial charge < -0.3 is 4.74 Å². The first kappa shape index (κ1) is 13.1. The number of carbonyl (C=O) groups is 1. The third kappa shape index (κ3) is 2.77. The first-order valence-electron chi connectivity index (χ1n) is 4.17. The Bertz CT molecular complexity index is 580. The molecule has 0 saturated carbocycles. The number of carbonyl (C=O) groups excluding carboxylic acids is 1. The van der Waals surface area contributed by atoms with Crippen LogP contribution in [0, 0.1) is 10.1 Å². The number of methoxy groups -OCH3 is 1. The molecular formula is C8H8N2O6S. The Morgan fingerprint density at radius 1 is 1.47 bits per heavy atom. The quantitative estimate of drug-likeness (QED) is 0.463. The summed E-state index contributed by atoms with van der Waals surface area (Å²) in [6.45, 7) is 0. The Morgan fingerprint density at radius 2 is 2.06 bits per heavy atom. The molecule has 0 heterocycles. The van der Waals surface area contributed by atoms with Gasteiger partial charge >= 0.3 is 5.97 Å². The van der Waals surface area contributed by atoms with Crippen LogP contribution >= 0.6 is 0 Å². The van der Waals surface area contributed by atoms with Gasteiger partial charge in [0.15, 0.2) is 0 Å². The summed E-state index contributed by atoms with van der Waals surface area (Å²) >= 11 is 0. The molecule has 2 N–H and O–H groups in total. The van der Waals surface area contributed by atoms with Crippen molar-refractivity contribution in [2.24, 2.45) is 5.14 Å². The van der Waals surface area contributed by atoms with Crippen LogP contribution in [0.4, 0.5) is 5.69 Å². The average molecular weight is 260 g/mol. The fraction of sp³-hybridized carbons (Fsp3) is 0.125. The zero-order valence-corrected chi connectivity index (χ0v) is 9.43. The number of hydrogen-bond acceptors (Lipinski definition) is 6. The van der Waals surface area contributed by atoms with E-state index in [0.717, 1.165) is 25.3 Å². The summed E-state index contributed by atoms with van der Waals surface area (Å²) in [5.41, 5.74) is -0.901. The Balaban J connectivity index is 3.53. The van der Waals surface area contributed by atoms with Crippen LogP contribution in [0.15, 0.2) is 23.1 Å². The molecule has 0 amide bonds. The van der Waals surface area contributed by atoms with Crippen molar-refractivity contribution >= 4 is 21.7 Å². The van der Waals surface area contributed by atoms with Gasteiger partial charge in [-0.25, -0.2) is 18.4 Å². The van der Waals surface area contributed by atoms with Crippen molar-refractivity contribution in [1.29, 1.82) is 0 Å². The van der Waals surface area contributed by atoms with Crippen molar-refractivity contribution in [3.05, 3.63) is 33.9 Å². The molecule has 0 bridgehead atoms. The van der Waals surface area contributed by atoms with Gasteiger partial charge in [-0.1, -0.05) is 0 Å². The highest BCUT2D eigenvalue weighted by atomic mass is 32.2. The summed E-state index contributed by atoms with van der Waals surface area (Å²) in [5.74, 6) is -1.02. The smallest absolute Gasteiger partial charge is 0.339 e. The summed E-state index contributed by atoms with van der Waals surface area (Å²) in [5, 5.41) is 15.4. The van der Waals surface area contributed by atoms with Gasteiger partial charge in [0, 0.05) is 12.1 Å². The van der Waals surface area contributed by atoms with Crippen molar-refractivity contribution in [3.8, 4) is 0 Å². The molecule has 0 unspecified atom stereocenters. The van der Waals surface area contributed by atoms with Gasteiger partial charge in [0.1, 0.15) is 0 Å². The lowest BCUT2D eigenvalue weighted by Crippen LogP contribution is -2.17. The number of non-ortho nitro benzene ring substituents is 1. The number of nitro groups is 1. The van der Waals surface area contributed by atoms with Crippen LogP contribution < -0.4 is 5.14 Å². The third-order valence-corrected chi connectivity index (χ3v) is 2.85. The highest BCUT2D eigenvalue weighted by molar-refractivity contribution is 7.89. The number of sulfonamides is 1.